The molecule has 7 heteroatoms. The first-order valence-electron chi connectivity index (χ1n) is 4.21. The first-order chi connectivity index (χ1) is 7.63. The molecule has 0 spiro atoms. The average Bonchev–Trinajstić information content (AvgIpc) is 2.83. The molecule has 4 nitrogen and oxygen atoms in total. The van der Waals surface area contributed by atoms with Gasteiger partial charge in [-0.2, -0.15) is 0 Å². The van der Waals surface area contributed by atoms with Crippen LogP contribution in [-0.4, -0.2) is 18.1 Å². The molecule has 0 saturated carbocycles. The van der Waals surface area contributed by atoms with Crippen LogP contribution in [0.25, 0.3) is 9.75 Å². The second kappa shape index (κ2) is 4.52. The molecule has 2 aromatic rings. The SMILES string of the molecule is COC(=O)c1nc(N)sc1-c1sccc1Br. The fourth-order valence-electron chi connectivity index (χ4n) is 1.18. The van der Waals surface area contributed by atoms with Crippen LogP contribution in [0.3, 0.4) is 0 Å². The molecule has 0 aliphatic heterocycles. The standard InChI is InChI=1S/C9H7BrN2O2S2/c1-14-8(13)5-7(16-9(11)12-5)6-4(10)2-3-15-6/h2-3H,1H3,(H2,11,12). The number of carbonyl (C=O) groups is 1. The summed E-state index contributed by atoms with van der Waals surface area (Å²) in [5, 5.41) is 2.28. The lowest BCUT2D eigenvalue weighted by molar-refractivity contribution is 0.0596. The van der Waals surface area contributed by atoms with Gasteiger partial charge < -0.3 is 10.5 Å². The highest BCUT2D eigenvalue weighted by Gasteiger charge is 2.21. The quantitative estimate of drug-likeness (QED) is 0.864. The Hall–Kier alpha value is -0.920. The zero-order chi connectivity index (χ0) is 11.7. The molecule has 16 heavy (non-hydrogen) atoms. The van der Waals surface area contributed by atoms with Crippen LogP contribution in [-0.2, 0) is 4.74 Å². The van der Waals surface area contributed by atoms with Gasteiger partial charge >= 0.3 is 5.97 Å². The van der Waals surface area contributed by atoms with E-state index in [4.69, 9.17) is 5.73 Å². The molecule has 0 unspecified atom stereocenters. The van der Waals surface area contributed by atoms with Crippen molar-refractivity contribution in [3.05, 3.63) is 21.6 Å². The number of thiazole rings is 1. The number of rotatable bonds is 2. The molecule has 0 amide bonds. The van der Waals surface area contributed by atoms with Gasteiger partial charge in [0.1, 0.15) is 0 Å². The number of hydrogen-bond donors (Lipinski definition) is 1. The van der Waals surface area contributed by atoms with Crippen LogP contribution >= 0.6 is 38.6 Å². The zero-order valence-corrected chi connectivity index (χ0v) is 11.4. The molecule has 0 fully saturated rings. The van der Waals surface area contributed by atoms with Crippen LogP contribution < -0.4 is 5.73 Å². The predicted octanol–water partition coefficient (Wildman–Crippen LogP) is 3.00. The summed E-state index contributed by atoms with van der Waals surface area (Å²) in [5.74, 6) is -0.469. The summed E-state index contributed by atoms with van der Waals surface area (Å²) in [6.07, 6.45) is 0. The highest BCUT2D eigenvalue weighted by molar-refractivity contribution is 9.10. The number of thiophene rings is 1. The van der Waals surface area contributed by atoms with Gasteiger partial charge in [-0.1, -0.05) is 11.3 Å². The molecular weight excluding hydrogens is 312 g/mol. The number of nitrogens with zero attached hydrogens (tertiary/aromatic N) is 1. The number of nitrogens with two attached hydrogens (primary N) is 1. The van der Waals surface area contributed by atoms with Crippen molar-refractivity contribution in [3.63, 3.8) is 0 Å². The van der Waals surface area contributed by atoms with E-state index in [1.807, 2.05) is 11.4 Å². The predicted molar refractivity (Wildman–Crippen MR) is 68.9 cm³/mol. The number of methoxy groups -OCH3 is 1. The van der Waals surface area contributed by atoms with E-state index in [0.29, 0.717) is 5.13 Å². The maximum Gasteiger partial charge on any atom is 0.358 e. The normalized spacial score (nSPS) is 10.4. The Balaban J connectivity index is 2.57. The molecule has 0 saturated heterocycles. The van der Waals surface area contributed by atoms with Crippen molar-refractivity contribution in [1.82, 2.24) is 4.98 Å². The van der Waals surface area contributed by atoms with E-state index < -0.39 is 5.97 Å². The Kier molecular flexibility index (Phi) is 3.27. The first-order valence-corrected chi connectivity index (χ1v) is 6.70. The number of anilines is 1. The smallest absolute Gasteiger partial charge is 0.358 e. The molecule has 0 aliphatic carbocycles. The second-order valence-corrected chi connectivity index (χ2v) is 5.62. The van der Waals surface area contributed by atoms with Crippen molar-refractivity contribution >= 4 is 49.7 Å². The highest BCUT2D eigenvalue weighted by Crippen LogP contribution is 2.40. The highest BCUT2D eigenvalue weighted by atomic mass is 79.9. The Bertz CT molecular complexity index is 535. The fourth-order valence-corrected chi connectivity index (χ4v) is 3.87. The second-order valence-electron chi connectivity index (χ2n) is 2.82. The third kappa shape index (κ3) is 1.98. The molecule has 2 N–H and O–H groups in total. The zero-order valence-electron chi connectivity index (χ0n) is 8.19. The number of halogens is 1. The molecule has 0 atom stereocenters. The van der Waals surface area contributed by atoms with E-state index in [0.717, 1.165) is 14.2 Å². The summed E-state index contributed by atoms with van der Waals surface area (Å²) < 4.78 is 5.59. The van der Waals surface area contributed by atoms with Gasteiger partial charge in [-0.15, -0.1) is 11.3 Å². The van der Waals surface area contributed by atoms with Gasteiger partial charge in [0.15, 0.2) is 10.8 Å². The molecule has 0 radical (unpaired) electrons. The van der Waals surface area contributed by atoms with Crippen molar-refractivity contribution in [2.24, 2.45) is 0 Å². The number of esters is 1. The van der Waals surface area contributed by atoms with Crippen molar-refractivity contribution < 1.29 is 9.53 Å². The van der Waals surface area contributed by atoms with Crippen molar-refractivity contribution in [2.45, 2.75) is 0 Å². The number of aromatic nitrogens is 1. The van der Waals surface area contributed by atoms with Gasteiger partial charge in [0.05, 0.1) is 16.9 Å². The molecule has 0 aliphatic rings. The van der Waals surface area contributed by atoms with Crippen LogP contribution in [0.2, 0.25) is 0 Å². The Morgan fingerprint density at radius 1 is 1.56 bits per heavy atom. The van der Waals surface area contributed by atoms with E-state index in [-0.39, 0.29) is 5.69 Å². The number of ether oxygens (including phenoxy) is 1. The van der Waals surface area contributed by atoms with E-state index in [1.165, 1.54) is 29.8 Å². The molecule has 84 valence electrons. The Labute approximate surface area is 108 Å². The molecule has 2 rings (SSSR count). The van der Waals surface area contributed by atoms with Gasteiger partial charge in [0.2, 0.25) is 0 Å². The van der Waals surface area contributed by atoms with E-state index >= 15 is 0 Å². The van der Waals surface area contributed by atoms with Gasteiger partial charge in [0.25, 0.3) is 0 Å². The third-order valence-corrected chi connectivity index (χ3v) is 4.73. The van der Waals surface area contributed by atoms with Crippen LogP contribution in [0.15, 0.2) is 15.9 Å². The lowest BCUT2D eigenvalue weighted by Crippen LogP contribution is -2.03. The summed E-state index contributed by atoms with van der Waals surface area (Å²) >= 11 is 6.21. The van der Waals surface area contributed by atoms with Crippen LogP contribution in [0.5, 0.6) is 0 Å². The summed E-state index contributed by atoms with van der Waals surface area (Å²) in [7, 11) is 1.32. The van der Waals surface area contributed by atoms with Crippen LogP contribution in [0.1, 0.15) is 10.5 Å². The van der Waals surface area contributed by atoms with Crippen molar-refractivity contribution in [1.29, 1.82) is 0 Å². The summed E-state index contributed by atoms with van der Waals surface area (Å²) in [5.41, 5.74) is 5.89. The van der Waals surface area contributed by atoms with Crippen LogP contribution in [0, 0.1) is 0 Å². The van der Waals surface area contributed by atoms with E-state index in [9.17, 15) is 4.79 Å². The minimum absolute atomic E-state index is 0.271. The van der Waals surface area contributed by atoms with Gasteiger partial charge in [-0.3, -0.25) is 0 Å². The minimum atomic E-state index is -0.469. The summed E-state index contributed by atoms with van der Waals surface area (Å²) in [4.78, 5) is 17.2. The molecule has 2 heterocycles. The molecule has 2 aromatic heterocycles. The molecule has 0 aromatic carbocycles. The van der Waals surface area contributed by atoms with E-state index in [2.05, 4.69) is 25.7 Å². The molecule has 0 bridgehead atoms. The topological polar surface area (TPSA) is 65.2 Å². The lowest BCUT2D eigenvalue weighted by Gasteiger charge is -1.98. The van der Waals surface area contributed by atoms with Crippen molar-refractivity contribution in [2.75, 3.05) is 12.8 Å². The average molecular weight is 319 g/mol. The Morgan fingerprint density at radius 3 is 2.88 bits per heavy atom. The lowest BCUT2D eigenvalue weighted by atomic mass is 10.3. The van der Waals surface area contributed by atoms with Crippen LogP contribution in [0.4, 0.5) is 5.13 Å². The maximum absolute atomic E-state index is 11.5. The minimum Gasteiger partial charge on any atom is -0.464 e. The first kappa shape index (κ1) is 11.6. The molecular formula is C9H7BrN2O2S2. The number of nitrogen functional groups attached to an aromatic ring is 1. The summed E-state index contributed by atoms with van der Waals surface area (Å²) in [6, 6.07) is 1.91. The Morgan fingerprint density at radius 2 is 2.31 bits per heavy atom. The monoisotopic (exact) mass is 318 g/mol. The largest absolute Gasteiger partial charge is 0.464 e. The van der Waals surface area contributed by atoms with Gasteiger partial charge in [0, 0.05) is 4.47 Å². The fraction of sp³-hybridized carbons (Fsp3) is 0.111. The number of carbonyl (C=O) groups excluding carboxylic acids is 1. The van der Waals surface area contributed by atoms with Gasteiger partial charge in [-0.05, 0) is 27.4 Å². The van der Waals surface area contributed by atoms with E-state index in [1.54, 1.807) is 0 Å². The third-order valence-electron chi connectivity index (χ3n) is 1.85. The van der Waals surface area contributed by atoms with Crippen molar-refractivity contribution in [3.8, 4) is 9.75 Å². The summed E-state index contributed by atoms with van der Waals surface area (Å²) in [6.45, 7) is 0. The maximum atomic E-state index is 11.5. The van der Waals surface area contributed by atoms with Gasteiger partial charge in [-0.25, -0.2) is 9.78 Å². The number of hydrogen-bond acceptors (Lipinski definition) is 6.